The second-order valence-corrected chi connectivity index (χ2v) is 6.43. The zero-order valence-electron chi connectivity index (χ0n) is 9.69. The first-order valence-corrected chi connectivity index (χ1v) is 7.18. The van der Waals surface area contributed by atoms with Crippen LogP contribution in [-0.4, -0.2) is 17.5 Å². The number of nitrogens with two attached hydrogens (primary N) is 1. The quantitative estimate of drug-likeness (QED) is 0.822. The van der Waals surface area contributed by atoms with Gasteiger partial charge < -0.3 is 5.73 Å². The van der Waals surface area contributed by atoms with Crippen molar-refractivity contribution in [2.75, 3.05) is 6.54 Å². The minimum absolute atomic E-state index is 0.691. The van der Waals surface area contributed by atoms with Crippen LogP contribution in [0, 0.1) is 5.92 Å². The largest absolute Gasteiger partial charge is 0.326 e. The lowest BCUT2D eigenvalue weighted by molar-refractivity contribution is 0.246. The summed E-state index contributed by atoms with van der Waals surface area (Å²) in [7, 11) is 0. The lowest BCUT2D eigenvalue weighted by Gasteiger charge is -2.20. The average molecular weight is 236 g/mol. The maximum Gasteiger partial charge on any atom is 0.0331 e. The van der Waals surface area contributed by atoms with E-state index in [-0.39, 0.29) is 0 Å². The molecule has 3 rings (SSSR count). The number of rotatable bonds is 6. The van der Waals surface area contributed by atoms with E-state index in [1.54, 1.807) is 0 Å². The van der Waals surface area contributed by atoms with Crippen molar-refractivity contribution in [3.8, 4) is 0 Å². The van der Waals surface area contributed by atoms with Gasteiger partial charge in [0.15, 0.2) is 0 Å². The van der Waals surface area contributed by atoms with Crippen LogP contribution in [0.1, 0.15) is 35.4 Å². The summed E-state index contributed by atoms with van der Waals surface area (Å²) in [6.45, 7) is 3.18. The van der Waals surface area contributed by atoms with E-state index in [4.69, 9.17) is 5.73 Å². The molecule has 1 aromatic rings. The van der Waals surface area contributed by atoms with Crippen LogP contribution in [0.15, 0.2) is 12.1 Å². The van der Waals surface area contributed by atoms with Crippen molar-refractivity contribution in [2.24, 2.45) is 11.7 Å². The molecule has 2 nitrogen and oxygen atoms in total. The van der Waals surface area contributed by atoms with E-state index in [1.807, 2.05) is 11.3 Å². The van der Waals surface area contributed by atoms with Gasteiger partial charge in [-0.1, -0.05) is 0 Å². The van der Waals surface area contributed by atoms with Crippen LogP contribution in [0.3, 0.4) is 0 Å². The molecule has 0 unspecified atom stereocenters. The first kappa shape index (κ1) is 10.8. The summed E-state index contributed by atoms with van der Waals surface area (Å²) in [5.41, 5.74) is 5.65. The van der Waals surface area contributed by atoms with Gasteiger partial charge in [0.05, 0.1) is 0 Å². The molecule has 0 spiro atoms. The highest BCUT2D eigenvalue weighted by Gasteiger charge is 2.33. The highest BCUT2D eigenvalue weighted by Crippen LogP contribution is 2.36. The van der Waals surface area contributed by atoms with E-state index in [2.05, 4.69) is 17.0 Å². The Balaban J connectivity index is 1.60. The third-order valence-corrected chi connectivity index (χ3v) is 4.62. The Bertz CT molecular complexity index is 353. The molecule has 2 aliphatic rings. The third kappa shape index (κ3) is 2.65. The fraction of sp³-hybridized carbons (Fsp3) is 0.692. The van der Waals surface area contributed by atoms with Gasteiger partial charge in [0.1, 0.15) is 0 Å². The first-order chi connectivity index (χ1) is 7.85. The highest BCUT2D eigenvalue weighted by atomic mass is 32.1. The molecule has 3 heteroatoms. The number of thiophene rings is 1. The minimum Gasteiger partial charge on any atom is -0.326 e. The van der Waals surface area contributed by atoms with Crippen molar-refractivity contribution in [1.82, 2.24) is 4.90 Å². The average Bonchev–Trinajstić information content (AvgIpc) is 3.17. The van der Waals surface area contributed by atoms with Crippen LogP contribution in [0.25, 0.3) is 0 Å². The zero-order chi connectivity index (χ0) is 11.0. The molecule has 0 saturated heterocycles. The predicted octanol–water partition coefficient (Wildman–Crippen LogP) is 2.58. The van der Waals surface area contributed by atoms with Crippen molar-refractivity contribution in [1.29, 1.82) is 0 Å². The Morgan fingerprint density at radius 1 is 1.19 bits per heavy atom. The zero-order valence-corrected chi connectivity index (χ0v) is 10.5. The molecular formula is C13H20N2S. The summed E-state index contributed by atoms with van der Waals surface area (Å²) in [4.78, 5) is 5.51. The van der Waals surface area contributed by atoms with E-state index < -0.39 is 0 Å². The maximum absolute atomic E-state index is 5.65. The Labute approximate surface area is 101 Å². The number of hydrogen-bond donors (Lipinski definition) is 1. The molecular weight excluding hydrogens is 216 g/mol. The van der Waals surface area contributed by atoms with Crippen LogP contribution >= 0.6 is 11.3 Å². The van der Waals surface area contributed by atoms with Crippen molar-refractivity contribution in [3.63, 3.8) is 0 Å². The fourth-order valence-electron chi connectivity index (χ4n) is 2.23. The molecule has 1 heterocycles. The van der Waals surface area contributed by atoms with Crippen molar-refractivity contribution < 1.29 is 0 Å². The lowest BCUT2D eigenvalue weighted by atomic mass is 10.3. The van der Waals surface area contributed by atoms with Gasteiger partial charge in [0, 0.05) is 35.4 Å². The summed E-state index contributed by atoms with van der Waals surface area (Å²) in [6, 6.07) is 5.33. The van der Waals surface area contributed by atoms with Gasteiger partial charge in [-0.25, -0.2) is 0 Å². The van der Waals surface area contributed by atoms with Crippen LogP contribution in [0.4, 0.5) is 0 Å². The van der Waals surface area contributed by atoms with E-state index in [0.29, 0.717) is 6.54 Å². The molecule has 0 bridgehead atoms. The lowest BCUT2D eigenvalue weighted by Crippen LogP contribution is -2.27. The molecule has 2 N–H and O–H groups in total. The molecule has 0 radical (unpaired) electrons. The molecule has 0 amide bonds. The molecule has 0 aliphatic heterocycles. The van der Waals surface area contributed by atoms with Crippen molar-refractivity contribution >= 4 is 11.3 Å². The van der Waals surface area contributed by atoms with Gasteiger partial charge in [0.2, 0.25) is 0 Å². The highest BCUT2D eigenvalue weighted by molar-refractivity contribution is 7.11. The Morgan fingerprint density at radius 3 is 2.50 bits per heavy atom. The van der Waals surface area contributed by atoms with E-state index in [1.165, 1.54) is 42.0 Å². The standard InChI is InChI=1S/C13H20N2S/c14-7-12-5-6-13(16-12)9-15(11-3-4-11)8-10-1-2-10/h5-6,10-11H,1-4,7-9,14H2. The first-order valence-electron chi connectivity index (χ1n) is 6.37. The predicted molar refractivity (Wildman–Crippen MR) is 68.4 cm³/mol. The van der Waals surface area contributed by atoms with Gasteiger partial charge in [-0.15, -0.1) is 11.3 Å². The van der Waals surface area contributed by atoms with Gasteiger partial charge in [-0.2, -0.15) is 0 Å². The molecule has 1 aromatic heterocycles. The van der Waals surface area contributed by atoms with Crippen LogP contribution in [0.2, 0.25) is 0 Å². The number of hydrogen-bond acceptors (Lipinski definition) is 3. The topological polar surface area (TPSA) is 29.3 Å². The Morgan fingerprint density at radius 2 is 1.94 bits per heavy atom. The van der Waals surface area contributed by atoms with Crippen molar-refractivity contribution in [2.45, 2.75) is 44.8 Å². The molecule has 2 aliphatic carbocycles. The third-order valence-electron chi connectivity index (χ3n) is 3.53. The summed E-state index contributed by atoms with van der Waals surface area (Å²) in [5.74, 6) is 1.01. The second kappa shape index (κ2) is 4.47. The summed E-state index contributed by atoms with van der Waals surface area (Å²) in [5, 5.41) is 0. The summed E-state index contributed by atoms with van der Waals surface area (Å²) >= 11 is 1.89. The molecule has 0 aromatic carbocycles. The van der Waals surface area contributed by atoms with Gasteiger partial charge in [-0.05, 0) is 43.7 Å². The molecule has 16 heavy (non-hydrogen) atoms. The normalized spacial score (nSPS) is 20.6. The van der Waals surface area contributed by atoms with Crippen LogP contribution < -0.4 is 5.73 Å². The summed E-state index contributed by atoms with van der Waals surface area (Å²) in [6.07, 6.45) is 5.76. The monoisotopic (exact) mass is 236 g/mol. The van der Waals surface area contributed by atoms with Crippen molar-refractivity contribution in [3.05, 3.63) is 21.9 Å². The Kier molecular flexibility index (Phi) is 3.01. The molecule has 2 fully saturated rings. The minimum atomic E-state index is 0.691. The van der Waals surface area contributed by atoms with Crippen LogP contribution in [-0.2, 0) is 13.1 Å². The molecule has 2 saturated carbocycles. The molecule has 88 valence electrons. The van der Waals surface area contributed by atoms with E-state index in [9.17, 15) is 0 Å². The smallest absolute Gasteiger partial charge is 0.0331 e. The fourth-order valence-corrected chi connectivity index (χ4v) is 3.15. The Hall–Kier alpha value is -0.380. The van der Waals surface area contributed by atoms with Gasteiger partial charge in [-0.3, -0.25) is 4.90 Å². The molecule has 0 atom stereocenters. The van der Waals surface area contributed by atoms with Gasteiger partial charge >= 0.3 is 0 Å². The maximum atomic E-state index is 5.65. The van der Waals surface area contributed by atoms with E-state index >= 15 is 0 Å². The SMILES string of the molecule is NCc1ccc(CN(CC2CC2)C2CC2)s1. The van der Waals surface area contributed by atoms with E-state index in [0.717, 1.165) is 18.5 Å². The summed E-state index contributed by atoms with van der Waals surface area (Å²) < 4.78 is 0. The second-order valence-electron chi connectivity index (χ2n) is 5.18. The number of nitrogens with zero attached hydrogens (tertiary/aromatic N) is 1. The van der Waals surface area contributed by atoms with Crippen LogP contribution in [0.5, 0.6) is 0 Å². The van der Waals surface area contributed by atoms with Gasteiger partial charge in [0.25, 0.3) is 0 Å².